The topological polar surface area (TPSA) is 41.6 Å². The molecule has 4 rings (SSSR count). The van der Waals surface area contributed by atoms with Gasteiger partial charge in [0.05, 0.1) is 0 Å². The molecule has 0 saturated heterocycles. The van der Waals surface area contributed by atoms with Crippen LogP contribution in [0.2, 0.25) is 0 Å². The van der Waals surface area contributed by atoms with E-state index >= 15 is 0 Å². The number of aromatic nitrogens is 3. The minimum Gasteiger partial charge on any atom is -0.258 e. The van der Waals surface area contributed by atoms with Crippen molar-refractivity contribution in [2.45, 2.75) is 17.8 Å². The Kier molecular flexibility index (Phi) is 4.05. The van der Waals surface area contributed by atoms with Crippen molar-refractivity contribution in [3.63, 3.8) is 0 Å². The van der Waals surface area contributed by atoms with Crippen molar-refractivity contribution >= 4 is 22.5 Å². The molecule has 0 radical (unpaired) electrons. The number of fused-ring (bicyclic) bond motifs is 1. The number of aromatic amines is 1. The molecule has 0 atom stereocenters. The van der Waals surface area contributed by atoms with E-state index < -0.39 is 0 Å². The number of aryl methyl sites for hydroxylation is 1. The van der Waals surface area contributed by atoms with Crippen LogP contribution in [0.1, 0.15) is 11.1 Å². The van der Waals surface area contributed by atoms with Gasteiger partial charge in [-0.3, -0.25) is 5.10 Å². The summed E-state index contributed by atoms with van der Waals surface area (Å²) in [5.74, 6) is 1.68. The number of hydrogen-bond donors (Lipinski definition) is 1. The molecule has 118 valence electrons. The maximum absolute atomic E-state index is 4.63. The minimum atomic E-state index is 0.779. The second kappa shape index (κ2) is 6.49. The van der Waals surface area contributed by atoms with Crippen LogP contribution in [-0.4, -0.2) is 15.2 Å². The summed E-state index contributed by atoms with van der Waals surface area (Å²) in [6.45, 7) is 2.08. The summed E-state index contributed by atoms with van der Waals surface area (Å²) < 4.78 is 0. The monoisotopic (exact) mass is 331 g/mol. The zero-order valence-corrected chi connectivity index (χ0v) is 14.2. The lowest BCUT2D eigenvalue weighted by molar-refractivity contribution is 0.973. The van der Waals surface area contributed by atoms with Crippen LogP contribution in [0.15, 0.2) is 71.9 Å². The molecule has 3 nitrogen and oxygen atoms in total. The van der Waals surface area contributed by atoms with Crippen LogP contribution < -0.4 is 0 Å². The zero-order valence-electron chi connectivity index (χ0n) is 13.4. The smallest absolute Gasteiger partial charge is 0.209 e. The summed E-state index contributed by atoms with van der Waals surface area (Å²) in [5.41, 5.74) is 3.60. The van der Waals surface area contributed by atoms with E-state index in [0.717, 1.165) is 22.3 Å². The normalized spacial score (nSPS) is 11.0. The molecule has 1 aromatic heterocycles. The van der Waals surface area contributed by atoms with Crippen LogP contribution in [0.3, 0.4) is 0 Å². The van der Waals surface area contributed by atoms with Crippen molar-refractivity contribution in [1.82, 2.24) is 15.2 Å². The summed E-state index contributed by atoms with van der Waals surface area (Å²) >= 11 is 1.66. The van der Waals surface area contributed by atoms with Crippen molar-refractivity contribution < 1.29 is 0 Å². The molecule has 1 N–H and O–H groups in total. The molecule has 0 fully saturated rings. The zero-order chi connectivity index (χ0) is 16.4. The Balaban J connectivity index is 1.56. The van der Waals surface area contributed by atoms with E-state index in [1.165, 1.54) is 21.9 Å². The van der Waals surface area contributed by atoms with Gasteiger partial charge in [0.1, 0.15) is 0 Å². The quantitative estimate of drug-likeness (QED) is 0.521. The van der Waals surface area contributed by atoms with E-state index in [1.54, 1.807) is 11.8 Å². The molecule has 4 heteroatoms. The highest BCUT2D eigenvalue weighted by atomic mass is 32.2. The lowest BCUT2D eigenvalue weighted by atomic mass is 10.1. The standard InChI is InChI=1S/C20H17N3S/c1-14-7-2-4-11-17(14)19-21-20(23-22-19)24-13-16-10-6-9-15-8-3-5-12-18(15)16/h2-12H,13H2,1H3,(H,21,22,23). The lowest BCUT2D eigenvalue weighted by Gasteiger charge is -2.04. The van der Waals surface area contributed by atoms with Crippen LogP contribution in [0.5, 0.6) is 0 Å². The number of hydrogen-bond acceptors (Lipinski definition) is 3. The van der Waals surface area contributed by atoms with Gasteiger partial charge in [0.15, 0.2) is 5.82 Å². The second-order valence-electron chi connectivity index (χ2n) is 5.71. The molecule has 0 unspecified atom stereocenters. The van der Waals surface area contributed by atoms with Crippen molar-refractivity contribution in [3.05, 3.63) is 77.9 Å². The Morgan fingerprint density at radius 1 is 0.917 bits per heavy atom. The average molecular weight is 331 g/mol. The average Bonchev–Trinajstić information content (AvgIpc) is 3.09. The Morgan fingerprint density at radius 3 is 2.62 bits per heavy atom. The third-order valence-electron chi connectivity index (χ3n) is 4.10. The molecule has 0 aliphatic carbocycles. The first-order valence-corrected chi connectivity index (χ1v) is 8.88. The van der Waals surface area contributed by atoms with Gasteiger partial charge in [-0.2, -0.15) is 0 Å². The van der Waals surface area contributed by atoms with E-state index in [2.05, 4.69) is 76.7 Å². The van der Waals surface area contributed by atoms with Gasteiger partial charge in [0.25, 0.3) is 0 Å². The van der Waals surface area contributed by atoms with Gasteiger partial charge >= 0.3 is 0 Å². The first-order valence-electron chi connectivity index (χ1n) is 7.89. The molecule has 4 aromatic rings. The molecule has 3 aromatic carbocycles. The molecule has 0 aliphatic rings. The van der Waals surface area contributed by atoms with Gasteiger partial charge in [-0.05, 0) is 28.8 Å². The van der Waals surface area contributed by atoms with E-state index in [9.17, 15) is 0 Å². The van der Waals surface area contributed by atoms with Crippen LogP contribution >= 0.6 is 11.8 Å². The van der Waals surface area contributed by atoms with Crippen LogP contribution in [0.25, 0.3) is 22.2 Å². The Bertz CT molecular complexity index is 986. The van der Waals surface area contributed by atoms with E-state index in [1.807, 2.05) is 12.1 Å². The maximum atomic E-state index is 4.63. The fraction of sp³-hybridized carbons (Fsp3) is 0.100. The van der Waals surface area contributed by atoms with Crippen molar-refractivity contribution in [2.75, 3.05) is 0 Å². The minimum absolute atomic E-state index is 0.779. The molecule has 0 aliphatic heterocycles. The lowest BCUT2D eigenvalue weighted by Crippen LogP contribution is -1.85. The number of nitrogens with one attached hydrogen (secondary N) is 1. The summed E-state index contributed by atoms with van der Waals surface area (Å²) in [4.78, 5) is 4.63. The predicted molar refractivity (Wildman–Crippen MR) is 100 cm³/mol. The third-order valence-corrected chi connectivity index (χ3v) is 5.00. The molecule has 1 heterocycles. The SMILES string of the molecule is Cc1ccccc1-c1nc(SCc2cccc3ccccc23)n[nH]1. The number of nitrogens with zero attached hydrogens (tertiary/aromatic N) is 2. The number of thioether (sulfide) groups is 1. The number of benzene rings is 3. The van der Waals surface area contributed by atoms with Crippen molar-refractivity contribution in [3.8, 4) is 11.4 Å². The molecule has 0 amide bonds. The fourth-order valence-corrected chi connectivity index (χ4v) is 3.63. The molecule has 24 heavy (non-hydrogen) atoms. The van der Waals surface area contributed by atoms with Crippen LogP contribution in [0.4, 0.5) is 0 Å². The third kappa shape index (κ3) is 2.93. The highest BCUT2D eigenvalue weighted by Gasteiger charge is 2.09. The first kappa shape index (κ1) is 15.0. The van der Waals surface area contributed by atoms with Gasteiger partial charge in [-0.1, -0.05) is 78.5 Å². The van der Waals surface area contributed by atoms with Gasteiger partial charge in [0.2, 0.25) is 5.16 Å². The summed E-state index contributed by atoms with van der Waals surface area (Å²) in [6, 6.07) is 23.1. The molecular weight excluding hydrogens is 314 g/mol. The first-order chi connectivity index (χ1) is 11.8. The predicted octanol–water partition coefficient (Wildman–Crippen LogP) is 5.23. The van der Waals surface area contributed by atoms with Crippen LogP contribution in [0, 0.1) is 6.92 Å². The fourth-order valence-electron chi connectivity index (χ4n) is 2.83. The Hall–Kier alpha value is -2.59. The second-order valence-corrected chi connectivity index (χ2v) is 6.65. The van der Waals surface area contributed by atoms with Gasteiger partial charge in [-0.15, -0.1) is 5.10 Å². The molecular formula is C20H17N3S. The summed E-state index contributed by atoms with van der Waals surface area (Å²) in [7, 11) is 0. The maximum Gasteiger partial charge on any atom is 0.209 e. The largest absolute Gasteiger partial charge is 0.258 e. The van der Waals surface area contributed by atoms with Crippen LogP contribution in [-0.2, 0) is 5.75 Å². The molecule has 0 bridgehead atoms. The number of H-pyrrole nitrogens is 1. The van der Waals surface area contributed by atoms with Gasteiger partial charge in [0, 0.05) is 11.3 Å². The van der Waals surface area contributed by atoms with Crippen molar-refractivity contribution in [2.24, 2.45) is 0 Å². The highest BCUT2D eigenvalue weighted by molar-refractivity contribution is 7.98. The molecule has 0 saturated carbocycles. The number of rotatable bonds is 4. The Morgan fingerprint density at radius 2 is 1.71 bits per heavy atom. The van der Waals surface area contributed by atoms with E-state index in [-0.39, 0.29) is 0 Å². The highest BCUT2D eigenvalue weighted by Crippen LogP contribution is 2.27. The van der Waals surface area contributed by atoms with E-state index in [0.29, 0.717) is 0 Å². The Labute approximate surface area is 145 Å². The summed E-state index contributed by atoms with van der Waals surface area (Å²) in [6.07, 6.45) is 0. The molecule has 0 spiro atoms. The van der Waals surface area contributed by atoms with Crippen molar-refractivity contribution in [1.29, 1.82) is 0 Å². The van der Waals surface area contributed by atoms with Gasteiger partial charge < -0.3 is 0 Å². The van der Waals surface area contributed by atoms with E-state index in [4.69, 9.17) is 0 Å². The van der Waals surface area contributed by atoms with Gasteiger partial charge in [-0.25, -0.2) is 4.98 Å². The summed E-state index contributed by atoms with van der Waals surface area (Å²) in [5, 5.41) is 10.8.